The van der Waals surface area contributed by atoms with E-state index >= 15 is 8.78 Å². The second-order valence-electron chi connectivity index (χ2n) is 9.33. The molecule has 7 nitrogen and oxygen atoms in total. The van der Waals surface area contributed by atoms with Crippen molar-refractivity contribution in [3.8, 4) is 0 Å². The summed E-state index contributed by atoms with van der Waals surface area (Å²) in [6.07, 6.45) is 0.385. The summed E-state index contributed by atoms with van der Waals surface area (Å²) in [5, 5.41) is 2.60. The minimum atomic E-state index is -3.77. The summed E-state index contributed by atoms with van der Waals surface area (Å²) in [4.78, 5) is 52.0. The molecular formula is C22H22B4ClF2N3O4. The van der Waals surface area contributed by atoms with Gasteiger partial charge >= 0.3 is 5.92 Å². The predicted octanol–water partition coefficient (Wildman–Crippen LogP) is -2.58. The summed E-state index contributed by atoms with van der Waals surface area (Å²) in [6, 6.07) is 6.68. The third-order valence-corrected chi connectivity index (χ3v) is 7.67. The van der Waals surface area contributed by atoms with Gasteiger partial charge in [-0.2, -0.15) is 8.78 Å². The Morgan fingerprint density at radius 3 is 2.53 bits per heavy atom. The van der Waals surface area contributed by atoms with Crippen molar-refractivity contribution in [3.63, 3.8) is 0 Å². The SMILES string of the molecule is Bc1c(Cl)ccc(C(F)(F)C(=O)N(B)C(B)c2ccc3c(c2)CN(C2CCC(=O)NC2=O)C3=O)c1B. The summed E-state index contributed by atoms with van der Waals surface area (Å²) in [7, 11) is 6.07. The van der Waals surface area contributed by atoms with Gasteiger partial charge in [-0.1, -0.05) is 40.7 Å². The van der Waals surface area contributed by atoms with Crippen molar-refractivity contribution < 1.29 is 28.0 Å². The van der Waals surface area contributed by atoms with E-state index < -0.39 is 35.3 Å². The van der Waals surface area contributed by atoms with Crippen LogP contribution in [0, 0.1) is 0 Å². The number of nitrogens with one attached hydrogen (secondary N) is 1. The smallest absolute Gasteiger partial charge is 0.348 e. The standard InChI is InChI=1S/C22H22B4ClF2N3O4/c23-16-12(3-4-13(27)17(16)24)22(28,29)21(36)32(26)18(25)9-1-2-11-10(7-9)8-31(20(11)35)14-5-6-15(33)30-19(14)34/h1-4,7,14,18H,5-6,8,23-26H2,(H,30,33,34). The zero-order chi connectivity index (χ0) is 26.5. The molecule has 1 fully saturated rings. The molecule has 4 amide bonds. The molecule has 2 aliphatic heterocycles. The summed E-state index contributed by atoms with van der Waals surface area (Å²) in [5.41, 5.74) is 1.95. The van der Waals surface area contributed by atoms with Crippen molar-refractivity contribution in [3.05, 3.63) is 57.6 Å². The number of hydrogen-bond acceptors (Lipinski definition) is 4. The molecule has 0 bridgehead atoms. The highest BCUT2D eigenvalue weighted by molar-refractivity contribution is 6.55. The molecule has 14 heteroatoms. The Bertz CT molecular complexity index is 1310. The Kier molecular flexibility index (Phi) is 6.81. The van der Waals surface area contributed by atoms with E-state index in [2.05, 4.69) is 5.32 Å². The molecule has 0 radical (unpaired) electrons. The van der Waals surface area contributed by atoms with Crippen LogP contribution in [0.1, 0.15) is 45.8 Å². The summed E-state index contributed by atoms with van der Waals surface area (Å²) < 4.78 is 30.6. The highest BCUT2D eigenvalue weighted by Crippen LogP contribution is 2.33. The molecule has 36 heavy (non-hydrogen) atoms. The molecular weight excluding hydrogens is 487 g/mol. The molecule has 2 aromatic carbocycles. The molecule has 4 rings (SSSR count). The van der Waals surface area contributed by atoms with E-state index in [-0.39, 0.29) is 36.7 Å². The molecule has 2 unspecified atom stereocenters. The minimum Gasteiger partial charge on any atom is -0.389 e. The zero-order valence-electron chi connectivity index (χ0n) is 20.3. The molecule has 0 aromatic heterocycles. The van der Waals surface area contributed by atoms with Crippen LogP contribution in [0.5, 0.6) is 0 Å². The van der Waals surface area contributed by atoms with Gasteiger partial charge in [0, 0.05) is 35.1 Å². The molecule has 182 valence electrons. The maximum Gasteiger partial charge on any atom is 0.348 e. The number of benzene rings is 2. The summed E-state index contributed by atoms with van der Waals surface area (Å²) in [6.45, 7) is 0.151. The van der Waals surface area contributed by atoms with Crippen LogP contribution in [0.15, 0.2) is 30.3 Å². The number of fused-ring (bicyclic) bond motifs is 1. The van der Waals surface area contributed by atoms with E-state index in [1.165, 1.54) is 32.9 Å². The lowest BCUT2D eigenvalue weighted by atomic mass is 9.75. The first-order valence-corrected chi connectivity index (χ1v) is 11.9. The van der Waals surface area contributed by atoms with Crippen LogP contribution in [0.4, 0.5) is 8.78 Å². The van der Waals surface area contributed by atoms with E-state index in [0.717, 1.165) is 4.81 Å². The lowest BCUT2D eigenvalue weighted by molar-refractivity contribution is -0.154. The maximum atomic E-state index is 15.3. The molecule has 0 spiro atoms. The van der Waals surface area contributed by atoms with Crippen LogP contribution in [-0.2, 0) is 26.9 Å². The zero-order valence-corrected chi connectivity index (χ0v) is 21.1. The molecule has 0 aliphatic carbocycles. The number of carbonyl (C=O) groups is 4. The van der Waals surface area contributed by atoms with Gasteiger partial charge in [-0.25, -0.2) is 0 Å². The molecule has 2 aromatic rings. The molecule has 0 saturated carbocycles. The number of piperidine rings is 1. The number of halogens is 3. The normalized spacial score (nSPS) is 18.6. The first kappa shape index (κ1) is 26.0. The summed E-state index contributed by atoms with van der Waals surface area (Å²) >= 11 is 6.03. The average molecular weight is 509 g/mol. The van der Waals surface area contributed by atoms with Crippen molar-refractivity contribution in [1.29, 1.82) is 0 Å². The Balaban J connectivity index is 1.55. The number of amides is 4. The molecule has 2 aliphatic rings. The van der Waals surface area contributed by atoms with E-state index in [1.54, 1.807) is 33.9 Å². The summed E-state index contributed by atoms with van der Waals surface area (Å²) in [5.74, 6) is -7.06. The fourth-order valence-electron chi connectivity index (χ4n) is 4.72. The van der Waals surface area contributed by atoms with Gasteiger partial charge in [0.15, 0.2) is 0 Å². The van der Waals surface area contributed by atoms with Gasteiger partial charge in [-0.3, -0.25) is 24.5 Å². The molecule has 1 N–H and O–H groups in total. The fraction of sp³-hybridized carbons (Fsp3) is 0.273. The third kappa shape index (κ3) is 4.34. The van der Waals surface area contributed by atoms with Gasteiger partial charge in [0.1, 0.15) is 29.6 Å². The highest BCUT2D eigenvalue weighted by atomic mass is 35.5. The second kappa shape index (κ2) is 9.42. The first-order chi connectivity index (χ1) is 16.8. The Labute approximate surface area is 215 Å². The third-order valence-electron chi connectivity index (χ3n) is 7.26. The van der Waals surface area contributed by atoms with Crippen LogP contribution in [0.25, 0.3) is 0 Å². The fourth-order valence-corrected chi connectivity index (χ4v) is 4.92. The lowest BCUT2D eigenvalue weighted by Crippen LogP contribution is -2.52. The van der Waals surface area contributed by atoms with E-state index in [0.29, 0.717) is 27.2 Å². The van der Waals surface area contributed by atoms with Gasteiger partial charge in [0.05, 0.1) is 0 Å². The Hall–Kier alpha value is -3.07. The number of hydrogen-bond donors (Lipinski definition) is 1. The van der Waals surface area contributed by atoms with Crippen LogP contribution >= 0.6 is 11.6 Å². The first-order valence-electron chi connectivity index (χ1n) is 11.5. The minimum absolute atomic E-state index is 0.145. The number of carbonyl (C=O) groups excluding carboxylic acids is 4. The van der Waals surface area contributed by atoms with Crippen molar-refractivity contribution in [2.45, 2.75) is 37.3 Å². The van der Waals surface area contributed by atoms with Crippen LogP contribution in [0.3, 0.4) is 0 Å². The van der Waals surface area contributed by atoms with Gasteiger partial charge in [-0.05, 0) is 29.7 Å². The number of imide groups is 1. The van der Waals surface area contributed by atoms with Crippen molar-refractivity contribution in [2.24, 2.45) is 0 Å². The van der Waals surface area contributed by atoms with Gasteiger partial charge in [-0.15, -0.1) is 0 Å². The Morgan fingerprint density at radius 2 is 1.86 bits per heavy atom. The topological polar surface area (TPSA) is 86.8 Å². The quantitative estimate of drug-likeness (QED) is 0.355. The largest absolute Gasteiger partial charge is 0.389 e. The van der Waals surface area contributed by atoms with Crippen molar-refractivity contribution >= 4 is 77.7 Å². The van der Waals surface area contributed by atoms with Crippen LogP contribution in [-0.4, -0.2) is 70.9 Å². The molecule has 2 heterocycles. The van der Waals surface area contributed by atoms with E-state index in [1.807, 2.05) is 0 Å². The highest BCUT2D eigenvalue weighted by Gasteiger charge is 2.45. The number of nitrogens with zero attached hydrogens (tertiary/aromatic N) is 2. The lowest BCUT2D eigenvalue weighted by Gasteiger charge is -2.31. The van der Waals surface area contributed by atoms with Crippen LogP contribution in [0.2, 0.25) is 5.02 Å². The monoisotopic (exact) mass is 509 g/mol. The van der Waals surface area contributed by atoms with Crippen molar-refractivity contribution in [1.82, 2.24) is 15.0 Å². The predicted molar refractivity (Wildman–Crippen MR) is 141 cm³/mol. The number of alkyl halides is 2. The average Bonchev–Trinajstić information content (AvgIpc) is 3.16. The molecule has 2 atom stereocenters. The van der Waals surface area contributed by atoms with Gasteiger partial charge < -0.3 is 9.71 Å². The Morgan fingerprint density at radius 1 is 1.17 bits per heavy atom. The number of rotatable bonds is 5. The second-order valence-corrected chi connectivity index (χ2v) is 9.74. The van der Waals surface area contributed by atoms with Gasteiger partial charge in [0.2, 0.25) is 19.8 Å². The van der Waals surface area contributed by atoms with E-state index in [9.17, 15) is 19.2 Å². The van der Waals surface area contributed by atoms with Crippen LogP contribution < -0.4 is 16.2 Å². The van der Waals surface area contributed by atoms with Gasteiger partial charge in [0.25, 0.3) is 11.8 Å². The maximum absolute atomic E-state index is 15.3. The van der Waals surface area contributed by atoms with E-state index in [4.69, 9.17) is 11.6 Å². The molecule has 1 saturated heterocycles. The van der Waals surface area contributed by atoms with Crippen molar-refractivity contribution in [2.75, 3.05) is 0 Å².